The normalized spacial score (nSPS) is 18.2. The van der Waals surface area contributed by atoms with Crippen LogP contribution in [0.1, 0.15) is 30.9 Å². The van der Waals surface area contributed by atoms with E-state index >= 15 is 0 Å². The smallest absolute Gasteiger partial charge is 0.272 e. The third kappa shape index (κ3) is 3.60. The number of aromatic nitrogens is 1. The Hall–Kier alpha value is -3.36. The molecule has 2 aromatic rings. The molecule has 0 saturated heterocycles. The van der Waals surface area contributed by atoms with Crippen molar-refractivity contribution in [2.75, 3.05) is 5.43 Å². The Bertz CT molecular complexity index is 838. The minimum atomic E-state index is -0.670. The fourth-order valence-corrected chi connectivity index (χ4v) is 2.87. The molecule has 9 heteroatoms. The highest BCUT2D eigenvalue weighted by molar-refractivity contribution is 5.93. The van der Waals surface area contributed by atoms with E-state index in [-0.39, 0.29) is 23.0 Å². The van der Waals surface area contributed by atoms with Gasteiger partial charge in [-0.2, -0.15) is 5.10 Å². The number of nitrogens with one attached hydrogen (secondary N) is 1. The molecular formula is C16H15N5O4. The van der Waals surface area contributed by atoms with Gasteiger partial charge in [-0.05, 0) is 37.5 Å². The second kappa shape index (κ2) is 7.04. The summed E-state index contributed by atoms with van der Waals surface area (Å²) in [6.07, 6.45) is 4.37. The molecule has 0 spiro atoms. The zero-order valence-electron chi connectivity index (χ0n) is 13.2. The van der Waals surface area contributed by atoms with Gasteiger partial charge >= 0.3 is 5.69 Å². The van der Waals surface area contributed by atoms with Gasteiger partial charge in [0.15, 0.2) is 0 Å². The molecule has 128 valence electrons. The van der Waals surface area contributed by atoms with Gasteiger partial charge in [-0.15, -0.1) is 0 Å². The maximum absolute atomic E-state index is 11.2. The molecule has 0 aliphatic heterocycles. The van der Waals surface area contributed by atoms with Crippen LogP contribution in [-0.2, 0) is 0 Å². The van der Waals surface area contributed by atoms with Gasteiger partial charge in [0.2, 0.25) is 0 Å². The zero-order valence-corrected chi connectivity index (χ0v) is 13.2. The molecule has 3 rings (SSSR count). The first-order valence-corrected chi connectivity index (χ1v) is 7.72. The summed E-state index contributed by atoms with van der Waals surface area (Å²) in [5.41, 5.74) is 3.88. The number of nitro groups is 2. The highest BCUT2D eigenvalue weighted by Crippen LogP contribution is 2.32. The average molecular weight is 341 g/mol. The molecule has 1 heterocycles. The monoisotopic (exact) mass is 341 g/mol. The van der Waals surface area contributed by atoms with Crippen molar-refractivity contribution in [2.45, 2.75) is 25.2 Å². The number of pyridine rings is 1. The Morgan fingerprint density at radius 1 is 1.16 bits per heavy atom. The SMILES string of the molecule is O=[N+]([O-])c1ccc(N/N=C2/CCC[C@@H]2c2ccccn2)c([N+](=O)[O-])c1. The Balaban J connectivity index is 1.86. The summed E-state index contributed by atoms with van der Waals surface area (Å²) >= 11 is 0. The van der Waals surface area contributed by atoms with Crippen molar-refractivity contribution in [3.63, 3.8) is 0 Å². The van der Waals surface area contributed by atoms with E-state index < -0.39 is 9.85 Å². The van der Waals surface area contributed by atoms with E-state index in [1.54, 1.807) is 6.20 Å². The molecule has 0 radical (unpaired) electrons. The summed E-state index contributed by atoms with van der Waals surface area (Å²) in [5.74, 6) is 0.0748. The molecule has 1 aromatic carbocycles. The minimum absolute atomic E-state index is 0.0748. The van der Waals surface area contributed by atoms with E-state index in [9.17, 15) is 20.2 Å². The number of hydrazone groups is 1. The molecule has 1 saturated carbocycles. The molecule has 1 fully saturated rings. The first kappa shape index (κ1) is 16.5. The standard InChI is InChI=1S/C16H15N5O4/c22-20(23)11-7-8-15(16(10-11)21(24)25)19-18-14-6-3-4-12(14)13-5-1-2-9-17-13/h1-2,5,7-10,12,19H,3-4,6H2/b18-14-/t12-/m1/s1. The van der Waals surface area contributed by atoms with Crippen LogP contribution in [0.3, 0.4) is 0 Å². The second-order valence-corrected chi connectivity index (χ2v) is 5.63. The molecule has 0 amide bonds. The molecule has 1 atom stereocenters. The van der Waals surface area contributed by atoms with E-state index in [1.165, 1.54) is 12.1 Å². The summed E-state index contributed by atoms with van der Waals surface area (Å²) < 4.78 is 0. The quantitative estimate of drug-likeness (QED) is 0.654. The van der Waals surface area contributed by atoms with Gasteiger partial charge in [0.1, 0.15) is 5.69 Å². The molecular weight excluding hydrogens is 326 g/mol. The maximum Gasteiger partial charge on any atom is 0.301 e. The number of hydrogen-bond donors (Lipinski definition) is 1. The van der Waals surface area contributed by atoms with Crippen molar-refractivity contribution in [3.05, 3.63) is 68.5 Å². The number of anilines is 1. The molecule has 9 nitrogen and oxygen atoms in total. The number of rotatable bonds is 5. The lowest BCUT2D eigenvalue weighted by Crippen LogP contribution is -2.09. The predicted molar refractivity (Wildman–Crippen MR) is 91.6 cm³/mol. The highest BCUT2D eigenvalue weighted by atomic mass is 16.6. The van der Waals surface area contributed by atoms with Crippen molar-refractivity contribution in [3.8, 4) is 0 Å². The van der Waals surface area contributed by atoms with E-state index in [1.807, 2.05) is 18.2 Å². The lowest BCUT2D eigenvalue weighted by Gasteiger charge is -2.11. The van der Waals surface area contributed by atoms with Crippen LogP contribution in [0.25, 0.3) is 0 Å². The molecule has 0 unspecified atom stereocenters. The van der Waals surface area contributed by atoms with Crippen molar-refractivity contribution in [1.82, 2.24) is 4.98 Å². The van der Waals surface area contributed by atoms with Gasteiger partial charge in [-0.3, -0.25) is 30.6 Å². The Morgan fingerprint density at radius 2 is 2.00 bits per heavy atom. The number of non-ortho nitro benzene ring substituents is 1. The average Bonchev–Trinajstić information content (AvgIpc) is 3.09. The van der Waals surface area contributed by atoms with Crippen LogP contribution in [0.5, 0.6) is 0 Å². The van der Waals surface area contributed by atoms with Crippen LogP contribution in [0.4, 0.5) is 17.1 Å². The number of nitro benzene ring substituents is 2. The van der Waals surface area contributed by atoms with Gasteiger partial charge in [0, 0.05) is 29.6 Å². The highest BCUT2D eigenvalue weighted by Gasteiger charge is 2.26. The van der Waals surface area contributed by atoms with Crippen molar-refractivity contribution >= 4 is 22.8 Å². The lowest BCUT2D eigenvalue weighted by molar-refractivity contribution is -0.393. The molecule has 1 aliphatic rings. The van der Waals surface area contributed by atoms with E-state index in [0.29, 0.717) is 0 Å². The summed E-state index contributed by atoms with van der Waals surface area (Å²) in [7, 11) is 0. The number of benzene rings is 1. The first-order valence-electron chi connectivity index (χ1n) is 7.72. The Labute approximate surface area is 142 Å². The van der Waals surface area contributed by atoms with E-state index in [4.69, 9.17) is 0 Å². The second-order valence-electron chi connectivity index (χ2n) is 5.63. The van der Waals surface area contributed by atoms with Crippen LogP contribution in [-0.4, -0.2) is 20.5 Å². The molecule has 25 heavy (non-hydrogen) atoms. The fraction of sp³-hybridized carbons (Fsp3) is 0.250. The first-order chi connectivity index (χ1) is 12.1. The lowest BCUT2D eigenvalue weighted by atomic mass is 10.0. The van der Waals surface area contributed by atoms with Gasteiger partial charge < -0.3 is 0 Å². The van der Waals surface area contributed by atoms with Crippen molar-refractivity contribution in [1.29, 1.82) is 0 Å². The van der Waals surface area contributed by atoms with Crippen LogP contribution in [0, 0.1) is 20.2 Å². The van der Waals surface area contributed by atoms with E-state index in [0.717, 1.165) is 36.7 Å². The summed E-state index contributed by atoms with van der Waals surface area (Å²) in [5, 5.41) is 26.3. The third-order valence-corrected chi connectivity index (χ3v) is 4.08. The Morgan fingerprint density at radius 3 is 2.68 bits per heavy atom. The molecule has 1 aliphatic carbocycles. The van der Waals surface area contributed by atoms with Crippen molar-refractivity contribution in [2.24, 2.45) is 5.10 Å². The van der Waals surface area contributed by atoms with E-state index in [2.05, 4.69) is 15.5 Å². The van der Waals surface area contributed by atoms with Gasteiger partial charge in [-0.1, -0.05) is 6.07 Å². The van der Waals surface area contributed by atoms with Crippen LogP contribution < -0.4 is 5.43 Å². The Kier molecular flexibility index (Phi) is 4.64. The zero-order chi connectivity index (χ0) is 17.8. The van der Waals surface area contributed by atoms with Gasteiger partial charge in [0.25, 0.3) is 5.69 Å². The molecule has 1 aromatic heterocycles. The summed E-state index contributed by atoms with van der Waals surface area (Å²) in [6, 6.07) is 9.11. The molecule has 0 bridgehead atoms. The van der Waals surface area contributed by atoms with Crippen LogP contribution in [0.2, 0.25) is 0 Å². The topological polar surface area (TPSA) is 124 Å². The van der Waals surface area contributed by atoms with Gasteiger partial charge in [0.05, 0.1) is 15.9 Å². The van der Waals surface area contributed by atoms with Gasteiger partial charge in [-0.25, -0.2) is 0 Å². The third-order valence-electron chi connectivity index (χ3n) is 4.08. The largest absolute Gasteiger partial charge is 0.301 e. The summed E-state index contributed by atoms with van der Waals surface area (Å²) in [6.45, 7) is 0. The maximum atomic E-state index is 11.2. The number of hydrogen-bond acceptors (Lipinski definition) is 7. The van der Waals surface area contributed by atoms with Crippen LogP contribution >= 0.6 is 0 Å². The predicted octanol–water partition coefficient (Wildman–Crippen LogP) is 3.63. The number of nitrogens with zero attached hydrogens (tertiary/aromatic N) is 4. The van der Waals surface area contributed by atoms with Crippen LogP contribution in [0.15, 0.2) is 47.7 Å². The van der Waals surface area contributed by atoms with Crippen molar-refractivity contribution < 1.29 is 9.85 Å². The molecule has 1 N–H and O–H groups in total. The fourth-order valence-electron chi connectivity index (χ4n) is 2.87. The summed E-state index contributed by atoms with van der Waals surface area (Å²) in [4.78, 5) is 25.0. The minimum Gasteiger partial charge on any atom is -0.272 e.